The number of carbonyl (C=O) groups is 1. The van der Waals surface area contributed by atoms with Crippen molar-refractivity contribution in [1.82, 2.24) is 19.9 Å². The summed E-state index contributed by atoms with van der Waals surface area (Å²) in [7, 11) is 3.25. The highest BCUT2D eigenvalue weighted by Crippen LogP contribution is 2.21. The number of aromatic nitrogens is 3. The first-order valence-electron chi connectivity index (χ1n) is 9.70. The third kappa shape index (κ3) is 7.44. The second kappa shape index (κ2) is 11.9. The lowest BCUT2D eigenvalue weighted by Gasteiger charge is -2.19. The van der Waals surface area contributed by atoms with Crippen LogP contribution in [0.2, 0.25) is 0 Å². The van der Waals surface area contributed by atoms with Crippen LogP contribution in [0.25, 0.3) is 16.9 Å². The van der Waals surface area contributed by atoms with Crippen molar-refractivity contribution in [2.75, 3.05) is 14.2 Å². The highest BCUT2D eigenvalue weighted by molar-refractivity contribution is 5.78. The molecule has 3 rings (SSSR count). The Kier molecular flexibility index (Phi) is 9.91. The number of imidazole rings is 1. The Hall–Kier alpha value is -3.00. The molecule has 1 N–H and O–H groups in total. The number of halogens is 1. The number of methoxy groups -OCH3 is 1. The van der Waals surface area contributed by atoms with Crippen molar-refractivity contribution in [2.24, 2.45) is 0 Å². The van der Waals surface area contributed by atoms with E-state index in [0.717, 1.165) is 0 Å². The number of nitrogens with zero attached hydrogens (tertiary/aromatic N) is 3. The van der Waals surface area contributed by atoms with Crippen LogP contribution in [0.15, 0.2) is 42.6 Å². The van der Waals surface area contributed by atoms with E-state index in [0.29, 0.717) is 22.7 Å². The number of hydrogen-bond acceptors (Lipinski definition) is 5. The fraction of sp³-hybridized carbons (Fsp3) is 0.409. The molecule has 2 heterocycles. The molecule has 0 aliphatic carbocycles. The summed E-state index contributed by atoms with van der Waals surface area (Å²) in [4.78, 5) is 20.7. The molecule has 0 aliphatic rings. The largest absolute Gasteiger partial charge is 0.444 e. The summed E-state index contributed by atoms with van der Waals surface area (Å²) < 4.78 is 24.9. The van der Waals surface area contributed by atoms with E-state index in [1.54, 1.807) is 64.0 Å². The van der Waals surface area contributed by atoms with E-state index in [2.05, 4.69) is 20.0 Å². The molecule has 2 aromatic heterocycles. The molecule has 0 fully saturated rings. The van der Waals surface area contributed by atoms with Crippen LogP contribution >= 0.6 is 0 Å². The van der Waals surface area contributed by atoms with Gasteiger partial charge in [0.05, 0.1) is 17.6 Å². The number of pyridine rings is 1. The Morgan fingerprint density at radius 2 is 1.83 bits per heavy atom. The van der Waals surface area contributed by atoms with Gasteiger partial charge in [0, 0.05) is 26.5 Å². The van der Waals surface area contributed by atoms with E-state index in [1.165, 1.54) is 12.1 Å². The summed E-state index contributed by atoms with van der Waals surface area (Å²) in [5, 5.41) is 2.68. The van der Waals surface area contributed by atoms with Crippen molar-refractivity contribution in [3.8, 4) is 5.82 Å². The van der Waals surface area contributed by atoms with Gasteiger partial charge < -0.3 is 14.8 Å². The van der Waals surface area contributed by atoms with Crippen LogP contribution in [0.4, 0.5) is 9.18 Å². The van der Waals surface area contributed by atoms with Crippen LogP contribution in [0.5, 0.6) is 0 Å². The van der Waals surface area contributed by atoms with Crippen LogP contribution in [0.1, 0.15) is 40.4 Å². The van der Waals surface area contributed by atoms with Crippen molar-refractivity contribution in [3.63, 3.8) is 0 Å². The van der Waals surface area contributed by atoms with Gasteiger partial charge >= 0.3 is 6.09 Å². The lowest BCUT2D eigenvalue weighted by atomic mass is 10.2. The van der Waals surface area contributed by atoms with E-state index in [-0.39, 0.29) is 12.4 Å². The Morgan fingerprint density at radius 1 is 1.17 bits per heavy atom. The van der Waals surface area contributed by atoms with Crippen LogP contribution < -0.4 is 5.32 Å². The summed E-state index contributed by atoms with van der Waals surface area (Å²) in [6, 6.07) is 9.77. The normalized spacial score (nSPS) is 10.4. The maximum Gasteiger partial charge on any atom is 0.408 e. The van der Waals surface area contributed by atoms with E-state index < -0.39 is 11.7 Å². The molecule has 0 atom stereocenters. The maximum atomic E-state index is 13.7. The van der Waals surface area contributed by atoms with Gasteiger partial charge in [0.25, 0.3) is 0 Å². The van der Waals surface area contributed by atoms with Crippen LogP contribution in [0.3, 0.4) is 0 Å². The molecule has 0 saturated carbocycles. The number of ether oxygens (including phenoxy) is 2. The second-order valence-corrected chi connectivity index (χ2v) is 6.95. The zero-order valence-electron chi connectivity index (χ0n) is 18.7. The highest BCUT2D eigenvalue weighted by Gasteiger charge is 2.18. The number of amides is 1. The number of hydrogen-bond donors (Lipinski definition) is 1. The van der Waals surface area contributed by atoms with Gasteiger partial charge in [-0.05, 0) is 45.0 Å². The van der Waals surface area contributed by atoms with E-state index >= 15 is 0 Å². The average Bonchev–Trinajstić information content (AvgIpc) is 3.05. The molecule has 1 aromatic carbocycles. The Balaban J connectivity index is 0.000000826. The van der Waals surface area contributed by atoms with Crippen molar-refractivity contribution >= 4 is 17.1 Å². The van der Waals surface area contributed by atoms with E-state index in [9.17, 15) is 9.18 Å². The molecule has 0 aliphatic heterocycles. The number of nitrogens with one attached hydrogen (secondary N) is 1. The second-order valence-electron chi connectivity index (χ2n) is 6.95. The summed E-state index contributed by atoms with van der Waals surface area (Å²) in [5.41, 5.74) is 0.613. The van der Waals surface area contributed by atoms with Gasteiger partial charge in [0.2, 0.25) is 0 Å². The van der Waals surface area contributed by atoms with Gasteiger partial charge in [-0.1, -0.05) is 19.9 Å². The fourth-order valence-electron chi connectivity index (χ4n) is 2.42. The molecule has 0 radical (unpaired) electrons. The van der Waals surface area contributed by atoms with Crippen molar-refractivity contribution in [2.45, 2.75) is 46.8 Å². The quantitative estimate of drug-likeness (QED) is 0.656. The number of carbonyl (C=O) groups excluding carboxylic acids is 1. The maximum absolute atomic E-state index is 13.7. The molecule has 164 valence electrons. The van der Waals surface area contributed by atoms with Crippen LogP contribution in [-0.2, 0) is 16.0 Å². The molecule has 3 aromatic rings. The lowest BCUT2D eigenvalue weighted by Crippen LogP contribution is -2.32. The number of benzene rings is 1. The predicted molar refractivity (Wildman–Crippen MR) is 116 cm³/mol. The molecule has 0 bridgehead atoms. The average molecular weight is 419 g/mol. The van der Waals surface area contributed by atoms with Crippen molar-refractivity contribution in [3.05, 3.63) is 54.2 Å². The smallest absolute Gasteiger partial charge is 0.408 e. The Bertz CT molecular complexity index is 921. The minimum absolute atomic E-state index is 0.127. The topological polar surface area (TPSA) is 78.3 Å². The summed E-state index contributed by atoms with van der Waals surface area (Å²) >= 11 is 0. The van der Waals surface area contributed by atoms with E-state index in [1.807, 2.05) is 19.9 Å². The van der Waals surface area contributed by atoms with Gasteiger partial charge in [-0.15, -0.1) is 0 Å². The standard InChI is InChI=1S/C18H19FN4O2.C2H6O.C2H6/c1-18(2,3)25-17(24)21-11-16-22-13-8-7-12(19)10-14(13)23(16)15-6-4-5-9-20-15;1-3-2;1-2/h4-10H,11H2,1-3H3,(H,21,24);1-2H3;1-2H3. The van der Waals surface area contributed by atoms with Gasteiger partial charge in [0.1, 0.15) is 23.1 Å². The first kappa shape index (κ1) is 25.0. The summed E-state index contributed by atoms with van der Waals surface area (Å²) in [6.07, 6.45) is 1.10. The van der Waals surface area contributed by atoms with Crippen LogP contribution in [0, 0.1) is 5.82 Å². The summed E-state index contributed by atoms with van der Waals surface area (Å²) in [5.74, 6) is 0.762. The monoisotopic (exact) mass is 418 g/mol. The molecule has 7 nitrogen and oxygen atoms in total. The molecule has 1 amide bonds. The number of fused-ring (bicyclic) bond motifs is 1. The molecule has 8 heteroatoms. The lowest BCUT2D eigenvalue weighted by molar-refractivity contribution is 0.0522. The van der Waals surface area contributed by atoms with Crippen molar-refractivity contribution < 1.29 is 18.7 Å². The molecule has 0 spiro atoms. The fourth-order valence-corrected chi connectivity index (χ4v) is 2.42. The molecule has 0 saturated heterocycles. The minimum Gasteiger partial charge on any atom is -0.444 e. The molecular formula is C22H31FN4O3. The minimum atomic E-state index is -0.589. The molecule has 0 unspecified atom stereocenters. The summed E-state index contributed by atoms with van der Waals surface area (Å²) in [6.45, 7) is 9.50. The Morgan fingerprint density at radius 3 is 2.40 bits per heavy atom. The number of alkyl carbamates (subject to hydrolysis) is 1. The predicted octanol–water partition coefficient (Wildman–Crippen LogP) is 4.87. The first-order chi connectivity index (χ1) is 14.2. The van der Waals surface area contributed by atoms with E-state index in [4.69, 9.17) is 4.74 Å². The van der Waals surface area contributed by atoms with Gasteiger partial charge in [-0.3, -0.25) is 4.57 Å². The zero-order chi connectivity index (χ0) is 22.7. The molecule has 30 heavy (non-hydrogen) atoms. The van der Waals surface area contributed by atoms with Crippen molar-refractivity contribution in [1.29, 1.82) is 0 Å². The van der Waals surface area contributed by atoms with Gasteiger partial charge in [0.15, 0.2) is 0 Å². The molecular weight excluding hydrogens is 387 g/mol. The highest BCUT2D eigenvalue weighted by atomic mass is 19.1. The van der Waals surface area contributed by atoms with Gasteiger partial charge in [-0.2, -0.15) is 0 Å². The Labute approximate surface area is 177 Å². The first-order valence-corrected chi connectivity index (χ1v) is 9.70. The number of rotatable bonds is 3. The zero-order valence-corrected chi connectivity index (χ0v) is 18.7. The van der Waals surface area contributed by atoms with Gasteiger partial charge in [-0.25, -0.2) is 19.2 Å². The van der Waals surface area contributed by atoms with Crippen LogP contribution in [-0.4, -0.2) is 40.4 Å². The SMILES string of the molecule is CC.CC(C)(C)OC(=O)NCc1nc2ccc(F)cc2n1-c1ccccn1.COC. The third-order valence-corrected chi connectivity index (χ3v) is 3.35. The third-order valence-electron chi connectivity index (χ3n) is 3.35.